The minimum atomic E-state index is 0. The van der Waals surface area contributed by atoms with Crippen LogP contribution in [0.25, 0.3) is 66.3 Å². The predicted molar refractivity (Wildman–Crippen MR) is 203 cm³/mol. The number of fused-ring (bicyclic) bond motifs is 4. The van der Waals surface area contributed by atoms with Gasteiger partial charge >= 0.3 is 0 Å². The van der Waals surface area contributed by atoms with Gasteiger partial charge in [-0.05, 0) is 70.1 Å². The topological polar surface area (TPSA) is 51.8 Å². The molecule has 4 aromatic heterocycles. The summed E-state index contributed by atoms with van der Waals surface area (Å²) in [6.07, 6.45) is 7.24. The Hall–Kier alpha value is -4.96. The Morgan fingerprint density at radius 2 is 1.44 bits per heavy atom. The Morgan fingerprint density at radius 1 is 0.700 bits per heavy atom. The van der Waals surface area contributed by atoms with Crippen LogP contribution in [0.15, 0.2) is 114 Å². The van der Waals surface area contributed by atoms with Gasteiger partial charge in [0.25, 0.3) is 0 Å². The first-order valence-corrected chi connectivity index (χ1v) is 16.7. The van der Waals surface area contributed by atoms with Crippen LogP contribution in [-0.4, -0.2) is 15.0 Å². The second-order valence-corrected chi connectivity index (χ2v) is 13.9. The van der Waals surface area contributed by atoms with Gasteiger partial charge in [-0.2, -0.15) is 0 Å². The largest absolute Gasteiger partial charge is 0.506 e. The number of aryl methyl sites for hydroxylation is 4. The van der Waals surface area contributed by atoms with E-state index in [1.54, 1.807) is 12.5 Å². The van der Waals surface area contributed by atoms with Gasteiger partial charge in [-0.25, -0.2) is 0 Å². The monoisotopic (exact) mass is 830 g/mol. The van der Waals surface area contributed by atoms with Gasteiger partial charge in [0.1, 0.15) is 0 Å². The number of nitrogens with zero attached hydrogens (tertiary/aromatic N) is 3. The first-order chi connectivity index (χ1) is 23.6. The van der Waals surface area contributed by atoms with Crippen LogP contribution in [0.3, 0.4) is 0 Å². The third-order valence-electron chi connectivity index (χ3n) is 9.35. The normalized spacial score (nSPS) is 11.3. The van der Waals surface area contributed by atoms with Gasteiger partial charge in [0, 0.05) is 56.2 Å². The van der Waals surface area contributed by atoms with Crippen molar-refractivity contribution in [1.82, 2.24) is 15.0 Å². The van der Waals surface area contributed by atoms with E-state index < -0.39 is 0 Å². The third kappa shape index (κ3) is 6.89. The van der Waals surface area contributed by atoms with Gasteiger partial charge in [-0.15, -0.1) is 41.0 Å². The van der Waals surface area contributed by atoms with Crippen molar-refractivity contribution in [2.45, 2.75) is 53.9 Å². The Kier molecular flexibility index (Phi) is 9.84. The number of rotatable bonds is 3. The maximum absolute atomic E-state index is 5.70. The Balaban J connectivity index is 0.000000215. The van der Waals surface area contributed by atoms with Crippen molar-refractivity contribution in [1.29, 1.82) is 0 Å². The average Bonchev–Trinajstić information content (AvgIpc) is 3.59. The van der Waals surface area contributed by atoms with E-state index in [0.717, 1.165) is 55.5 Å². The van der Waals surface area contributed by atoms with Gasteiger partial charge < -0.3 is 9.40 Å². The molecule has 4 heterocycles. The first kappa shape index (κ1) is 34.9. The van der Waals surface area contributed by atoms with Crippen LogP contribution >= 0.6 is 0 Å². The summed E-state index contributed by atoms with van der Waals surface area (Å²) < 4.78 is 5.70. The molecule has 0 fully saturated rings. The van der Waals surface area contributed by atoms with Crippen LogP contribution in [0.4, 0.5) is 0 Å². The van der Waals surface area contributed by atoms with E-state index in [0.29, 0.717) is 0 Å². The molecule has 0 atom stereocenters. The second-order valence-electron chi connectivity index (χ2n) is 13.9. The third-order valence-corrected chi connectivity index (χ3v) is 9.35. The van der Waals surface area contributed by atoms with Crippen molar-refractivity contribution in [3.8, 4) is 33.6 Å². The van der Waals surface area contributed by atoms with E-state index in [1.165, 1.54) is 38.6 Å². The molecule has 0 aliphatic heterocycles. The van der Waals surface area contributed by atoms with Crippen LogP contribution in [0.1, 0.15) is 48.6 Å². The van der Waals surface area contributed by atoms with Gasteiger partial charge in [-0.3, -0.25) is 9.97 Å². The summed E-state index contributed by atoms with van der Waals surface area (Å²) in [5.74, 6) is 0. The van der Waals surface area contributed by atoms with Gasteiger partial charge in [0.2, 0.25) is 0 Å². The fourth-order valence-electron chi connectivity index (χ4n) is 6.08. The Labute approximate surface area is 308 Å². The summed E-state index contributed by atoms with van der Waals surface area (Å²) in [7, 11) is 0. The van der Waals surface area contributed by atoms with Gasteiger partial charge in [-0.1, -0.05) is 117 Å². The molecule has 251 valence electrons. The van der Waals surface area contributed by atoms with Gasteiger partial charge in [0.15, 0.2) is 0 Å². The first-order valence-electron chi connectivity index (χ1n) is 16.7. The van der Waals surface area contributed by atoms with E-state index in [9.17, 15) is 0 Å². The minimum absolute atomic E-state index is 0. The molecule has 0 unspecified atom stereocenters. The molecule has 0 bridgehead atoms. The molecule has 5 heteroatoms. The molecule has 0 N–H and O–H groups in total. The number of benzene rings is 4. The van der Waals surface area contributed by atoms with Crippen LogP contribution in [0.5, 0.6) is 0 Å². The zero-order valence-corrected chi connectivity index (χ0v) is 31.9. The smallest absolute Gasteiger partial charge is 0.0847 e. The molecule has 0 aliphatic rings. The fourth-order valence-corrected chi connectivity index (χ4v) is 6.08. The van der Waals surface area contributed by atoms with Crippen LogP contribution in [0, 0.1) is 39.8 Å². The summed E-state index contributed by atoms with van der Waals surface area (Å²) in [6, 6.07) is 36.6. The Morgan fingerprint density at radius 3 is 2.22 bits per heavy atom. The van der Waals surface area contributed by atoms with E-state index in [-0.39, 0.29) is 25.5 Å². The SMILES string of the molecule is CC(C)(C)c1ccc2cc(-c3cccnc3-c3[c-]c4ccoc4c4ncccc34)ccc2c1.Cc1c[c-]c(-c2cc(C)c(C)cn2)cc1C.[Ir]. The molecule has 4 aromatic carbocycles. The van der Waals surface area contributed by atoms with E-state index in [4.69, 9.17) is 9.40 Å². The number of furan rings is 1. The van der Waals surface area contributed by atoms with Crippen molar-refractivity contribution in [3.05, 3.63) is 150 Å². The van der Waals surface area contributed by atoms with Crippen LogP contribution < -0.4 is 0 Å². The average molecular weight is 830 g/mol. The molecule has 1 radical (unpaired) electrons. The summed E-state index contributed by atoms with van der Waals surface area (Å²) in [6.45, 7) is 15.2. The van der Waals surface area contributed by atoms with Gasteiger partial charge in [0.05, 0.1) is 5.58 Å². The predicted octanol–water partition coefficient (Wildman–Crippen LogP) is 11.7. The number of hydrogen-bond donors (Lipinski definition) is 0. The van der Waals surface area contributed by atoms with Crippen LogP contribution in [0.2, 0.25) is 0 Å². The van der Waals surface area contributed by atoms with Crippen molar-refractivity contribution < 1.29 is 24.5 Å². The molecule has 8 aromatic rings. The zero-order chi connectivity index (χ0) is 34.3. The molecule has 0 aliphatic carbocycles. The summed E-state index contributed by atoms with van der Waals surface area (Å²) in [4.78, 5) is 13.8. The maximum Gasteiger partial charge on any atom is 0.0847 e. The minimum Gasteiger partial charge on any atom is -0.506 e. The van der Waals surface area contributed by atoms with E-state index in [1.807, 2.05) is 36.7 Å². The molecular weight excluding hydrogens is 791 g/mol. The number of hydrogen-bond acceptors (Lipinski definition) is 4. The molecule has 0 saturated carbocycles. The number of aromatic nitrogens is 3. The van der Waals surface area contributed by atoms with Crippen molar-refractivity contribution in [3.63, 3.8) is 0 Å². The molecule has 0 saturated heterocycles. The van der Waals surface area contributed by atoms with Crippen molar-refractivity contribution in [2.24, 2.45) is 0 Å². The second kappa shape index (κ2) is 14.1. The molecule has 0 spiro atoms. The van der Waals surface area contributed by atoms with Crippen molar-refractivity contribution in [2.75, 3.05) is 0 Å². The fraction of sp³-hybridized carbons (Fsp3) is 0.178. The summed E-state index contributed by atoms with van der Waals surface area (Å²) in [5.41, 5.74) is 14.2. The molecule has 8 rings (SSSR count). The Bertz CT molecular complexity index is 2440. The summed E-state index contributed by atoms with van der Waals surface area (Å²) >= 11 is 0. The van der Waals surface area contributed by atoms with E-state index >= 15 is 0 Å². The molecule has 0 amide bonds. The summed E-state index contributed by atoms with van der Waals surface area (Å²) in [5, 5.41) is 4.35. The molecule has 50 heavy (non-hydrogen) atoms. The molecule has 4 nitrogen and oxygen atoms in total. The van der Waals surface area contributed by atoms with E-state index in [2.05, 4.69) is 131 Å². The molecular formula is C45H39IrN3O-2. The zero-order valence-electron chi connectivity index (χ0n) is 29.5. The van der Waals surface area contributed by atoms with Crippen LogP contribution in [-0.2, 0) is 25.5 Å². The standard InChI is InChI=1S/C30H23N2O.C15H16N.Ir/c1-30(2,3)23-11-10-19-16-21(9-8-20(19)17-23)24-6-4-13-31-27(24)26-18-22-12-15-33-29(22)28-25(26)7-5-14-32-28;1-10-5-6-14(7-11(10)2)15-8-12(3)13(4)9-16-15;/h4-17H,1-3H3;5,7-9H,1-4H3;/q2*-1;. The quantitative estimate of drug-likeness (QED) is 0.166. The van der Waals surface area contributed by atoms with Crippen molar-refractivity contribution >= 4 is 32.6 Å². The maximum atomic E-state index is 5.70. The number of pyridine rings is 3.